The lowest BCUT2D eigenvalue weighted by atomic mass is 10.2. The molecule has 17 heavy (non-hydrogen) atoms. The first-order valence-electron chi connectivity index (χ1n) is 4.82. The fraction of sp³-hybridized carbons (Fsp3) is 0. The van der Waals surface area contributed by atoms with Gasteiger partial charge in [-0.2, -0.15) is 5.26 Å². The van der Waals surface area contributed by atoms with Crippen LogP contribution in [0.3, 0.4) is 0 Å². The molecule has 0 aliphatic heterocycles. The number of nitrogens with zero attached hydrogens (tertiary/aromatic N) is 1. The van der Waals surface area contributed by atoms with Crippen LogP contribution >= 0.6 is 27.7 Å². The fourth-order valence-corrected chi connectivity index (χ4v) is 2.62. The second kappa shape index (κ2) is 5.35. The fourth-order valence-electron chi connectivity index (χ4n) is 1.34. The average molecular weight is 308 g/mol. The highest BCUT2D eigenvalue weighted by atomic mass is 79.9. The molecule has 0 radical (unpaired) electrons. The molecule has 0 saturated heterocycles. The van der Waals surface area contributed by atoms with Crippen LogP contribution in [-0.2, 0) is 0 Å². The minimum absolute atomic E-state index is 0.273. The Balaban J connectivity index is 2.34. The van der Waals surface area contributed by atoms with E-state index in [0.29, 0.717) is 5.56 Å². The Morgan fingerprint density at radius 2 is 2.00 bits per heavy atom. The summed E-state index contributed by atoms with van der Waals surface area (Å²) in [6.45, 7) is 0. The third-order valence-corrected chi connectivity index (χ3v) is 3.64. The molecule has 0 aliphatic carbocycles. The first-order chi connectivity index (χ1) is 8.19. The largest absolute Gasteiger partial charge is 0.207 e. The summed E-state index contributed by atoms with van der Waals surface area (Å²) in [4.78, 5) is 1.60. The maximum atomic E-state index is 13.0. The monoisotopic (exact) mass is 307 g/mol. The van der Waals surface area contributed by atoms with Crippen LogP contribution in [0.4, 0.5) is 4.39 Å². The van der Waals surface area contributed by atoms with E-state index < -0.39 is 0 Å². The topological polar surface area (TPSA) is 23.8 Å². The van der Waals surface area contributed by atoms with Gasteiger partial charge in [0.2, 0.25) is 0 Å². The number of rotatable bonds is 2. The van der Waals surface area contributed by atoms with Gasteiger partial charge in [0.15, 0.2) is 0 Å². The van der Waals surface area contributed by atoms with E-state index >= 15 is 0 Å². The van der Waals surface area contributed by atoms with Crippen molar-refractivity contribution < 1.29 is 4.39 Å². The van der Waals surface area contributed by atoms with E-state index in [1.54, 1.807) is 12.1 Å². The Morgan fingerprint density at radius 1 is 1.18 bits per heavy atom. The van der Waals surface area contributed by atoms with E-state index in [1.807, 2.05) is 18.2 Å². The number of benzene rings is 2. The van der Waals surface area contributed by atoms with Crippen LogP contribution in [-0.4, -0.2) is 0 Å². The maximum Gasteiger partial charge on any atom is 0.124 e. The van der Waals surface area contributed by atoms with Gasteiger partial charge in [-0.1, -0.05) is 33.8 Å². The van der Waals surface area contributed by atoms with E-state index in [1.165, 1.54) is 23.9 Å². The van der Waals surface area contributed by atoms with Gasteiger partial charge >= 0.3 is 0 Å². The molecular weight excluding hydrogens is 301 g/mol. The second-order valence-electron chi connectivity index (χ2n) is 3.31. The van der Waals surface area contributed by atoms with Crippen molar-refractivity contribution in [2.24, 2.45) is 0 Å². The highest BCUT2D eigenvalue weighted by Crippen LogP contribution is 2.31. The molecular formula is C13H7BrFNS. The molecule has 2 aromatic rings. The summed E-state index contributed by atoms with van der Waals surface area (Å²) in [6.07, 6.45) is 0. The smallest absolute Gasteiger partial charge is 0.124 e. The van der Waals surface area contributed by atoms with Gasteiger partial charge < -0.3 is 0 Å². The Bertz CT molecular complexity index is 592. The zero-order valence-electron chi connectivity index (χ0n) is 8.65. The minimum Gasteiger partial charge on any atom is -0.207 e. The van der Waals surface area contributed by atoms with Gasteiger partial charge in [-0.15, -0.1) is 0 Å². The van der Waals surface area contributed by atoms with Crippen LogP contribution in [0.25, 0.3) is 0 Å². The van der Waals surface area contributed by atoms with Gasteiger partial charge in [0, 0.05) is 14.3 Å². The first kappa shape index (κ1) is 12.2. The van der Waals surface area contributed by atoms with Crippen molar-refractivity contribution >= 4 is 27.7 Å². The van der Waals surface area contributed by atoms with Crippen molar-refractivity contribution in [2.45, 2.75) is 9.79 Å². The van der Waals surface area contributed by atoms with Gasteiger partial charge in [0.05, 0.1) is 5.56 Å². The predicted octanol–water partition coefficient (Wildman–Crippen LogP) is 4.61. The van der Waals surface area contributed by atoms with Gasteiger partial charge in [-0.05, 0) is 36.4 Å². The Labute approximate surface area is 111 Å². The van der Waals surface area contributed by atoms with Gasteiger partial charge in [0.1, 0.15) is 11.9 Å². The molecule has 4 heteroatoms. The average Bonchev–Trinajstić information content (AvgIpc) is 2.31. The first-order valence-corrected chi connectivity index (χ1v) is 6.43. The third kappa shape index (κ3) is 3.09. The molecule has 0 atom stereocenters. The van der Waals surface area contributed by atoms with E-state index in [0.717, 1.165) is 14.3 Å². The normalized spacial score (nSPS) is 9.94. The van der Waals surface area contributed by atoms with Crippen molar-refractivity contribution in [1.29, 1.82) is 5.26 Å². The molecule has 2 rings (SSSR count). The minimum atomic E-state index is -0.273. The van der Waals surface area contributed by atoms with E-state index in [-0.39, 0.29) is 5.82 Å². The SMILES string of the molecule is N#Cc1cc(Br)ccc1Sc1cccc(F)c1. The molecule has 0 aliphatic rings. The standard InChI is InChI=1S/C13H7BrFNS/c14-10-4-5-13(9(6-10)8-16)17-12-3-1-2-11(15)7-12/h1-7H. The molecule has 1 nitrogen and oxygen atoms in total. The summed E-state index contributed by atoms with van der Waals surface area (Å²) < 4.78 is 13.9. The molecule has 0 amide bonds. The van der Waals surface area contributed by atoms with Crippen molar-refractivity contribution in [2.75, 3.05) is 0 Å². The van der Waals surface area contributed by atoms with Crippen molar-refractivity contribution in [1.82, 2.24) is 0 Å². The Kier molecular flexibility index (Phi) is 3.82. The van der Waals surface area contributed by atoms with E-state index in [2.05, 4.69) is 22.0 Å². The number of halogens is 2. The summed E-state index contributed by atoms with van der Waals surface area (Å²) in [6, 6.07) is 13.9. The van der Waals surface area contributed by atoms with Crippen molar-refractivity contribution in [3.05, 3.63) is 58.3 Å². The Hall–Kier alpha value is -1.31. The highest BCUT2D eigenvalue weighted by molar-refractivity contribution is 9.10. The molecule has 0 fully saturated rings. The molecule has 0 heterocycles. The lowest BCUT2D eigenvalue weighted by Crippen LogP contribution is -1.82. The van der Waals surface area contributed by atoms with Crippen molar-refractivity contribution in [3.63, 3.8) is 0 Å². The Morgan fingerprint density at radius 3 is 2.71 bits per heavy atom. The predicted molar refractivity (Wildman–Crippen MR) is 69.4 cm³/mol. The summed E-state index contributed by atoms with van der Waals surface area (Å²) in [5.41, 5.74) is 0.577. The van der Waals surface area contributed by atoms with Crippen LogP contribution in [0, 0.1) is 17.1 Å². The molecule has 2 aromatic carbocycles. The molecule has 0 saturated carbocycles. The van der Waals surface area contributed by atoms with Crippen molar-refractivity contribution in [3.8, 4) is 6.07 Å². The maximum absolute atomic E-state index is 13.0. The molecule has 0 bridgehead atoms. The summed E-state index contributed by atoms with van der Waals surface area (Å²) in [5.74, 6) is -0.273. The second-order valence-corrected chi connectivity index (χ2v) is 5.34. The molecule has 84 valence electrons. The lowest BCUT2D eigenvalue weighted by Gasteiger charge is -2.04. The van der Waals surface area contributed by atoms with Crippen LogP contribution in [0.5, 0.6) is 0 Å². The zero-order chi connectivity index (χ0) is 12.3. The number of nitriles is 1. The lowest BCUT2D eigenvalue weighted by molar-refractivity contribution is 0.624. The molecule has 0 unspecified atom stereocenters. The molecule has 0 N–H and O–H groups in total. The van der Waals surface area contributed by atoms with Crippen LogP contribution in [0.2, 0.25) is 0 Å². The van der Waals surface area contributed by atoms with Crippen LogP contribution in [0.1, 0.15) is 5.56 Å². The molecule has 0 spiro atoms. The highest BCUT2D eigenvalue weighted by Gasteiger charge is 2.05. The molecule has 0 aromatic heterocycles. The van der Waals surface area contributed by atoms with E-state index in [9.17, 15) is 4.39 Å². The number of hydrogen-bond donors (Lipinski definition) is 0. The van der Waals surface area contributed by atoms with Crippen LogP contribution < -0.4 is 0 Å². The third-order valence-electron chi connectivity index (χ3n) is 2.09. The zero-order valence-corrected chi connectivity index (χ0v) is 11.1. The van der Waals surface area contributed by atoms with Gasteiger partial charge in [-0.25, -0.2) is 4.39 Å². The number of hydrogen-bond acceptors (Lipinski definition) is 2. The van der Waals surface area contributed by atoms with Gasteiger partial charge in [-0.3, -0.25) is 0 Å². The summed E-state index contributed by atoms with van der Waals surface area (Å²) >= 11 is 4.69. The summed E-state index contributed by atoms with van der Waals surface area (Å²) in [5, 5.41) is 9.02. The van der Waals surface area contributed by atoms with E-state index in [4.69, 9.17) is 5.26 Å². The summed E-state index contributed by atoms with van der Waals surface area (Å²) in [7, 11) is 0. The van der Waals surface area contributed by atoms with Gasteiger partial charge in [0.25, 0.3) is 0 Å². The van der Waals surface area contributed by atoms with Crippen LogP contribution in [0.15, 0.2) is 56.7 Å². The quantitative estimate of drug-likeness (QED) is 0.809.